The summed E-state index contributed by atoms with van der Waals surface area (Å²) in [6.07, 6.45) is 0. The van der Waals surface area contributed by atoms with Crippen LogP contribution in [0.1, 0.15) is 13.8 Å². The predicted octanol–water partition coefficient (Wildman–Crippen LogP) is 2.03. The van der Waals surface area contributed by atoms with Crippen LogP contribution in [0, 0.1) is 12.0 Å². The van der Waals surface area contributed by atoms with E-state index in [4.69, 9.17) is 8.85 Å². The van der Waals surface area contributed by atoms with Gasteiger partial charge >= 0.3 is 8.56 Å². The Labute approximate surface area is 93.5 Å². The first-order valence-corrected chi connectivity index (χ1v) is 7.06. The first-order valence-electron chi connectivity index (χ1n) is 5.16. The first-order chi connectivity index (χ1) is 7.14. The Balaban J connectivity index is 3.00. The fourth-order valence-corrected chi connectivity index (χ4v) is 4.30. The Bertz CT molecular complexity index is 281. The van der Waals surface area contributed by atoms with Gasteiger partial charge in [0.15, 0.2) is 0 Å². The maximum Gasteiger partial charge on any atom is 0.375 e. The van der Waals surface area contributed by atoms with Gasteiger partial charge < -0.3 is 8.85 Å². The molecule has 1 aromatic rings. The van der Waals surface area contributed by atoms with Gasteiger partial charge in [-0.1, -0.05) is 44.2 Å². The van der Waals surface area contributed by atoms with Crippen LogP contribution in [0.4, 0.5) is 0 Å². The maximum atomic E-state index is 5.65. The summed E-state index contributed by atoms with van der Waals surface area (Å²) in [6, 6.07) is 12.4. The van der Waals surface area contributed by atoms with E-state index < -0.39 is 8.56 Å². The molecule has 0 atom stereocenters. The van der Waals surface area contributed by atoms with Crippen LogP contribution in [0.15, 0.2) is 30.3 Å². The minimum absolute atomic E-state index is 0.455. The molecule has 2 nitrogen and oxygen atoms in total. The summed E-state index contributed by atoms with van der Waals surface area (Å²) >= 11 is 0. The van der Waals surface area contributed by atoms with Gasteiger partial charge in [0.2, 0.25) is 0 Å². The first kappa shape index (κ1) is 12.4. The zero-order valence-corrected chi connectivity index (χ0v) is 10.9. The van der Waals surface area contributed by atoms with Crippen molar-refractivity contribution in [2.45, 2.75) is 13.8 Å². The van der Waals surface area contributed by atoms with E-state index in [1.54, 1.807) is 14.2 Å². The Morgan fingerprint density at radius 2 is 1.60 bits per heavy atom. The van der Waals surface area contributed by atoms with Crippen LogP contribution < -0.4 is 5.19 Å². The summed E-state index contributed by atoms with van der Waals surface area (Å²) in [4.78, 5) is 0. The maximum absolute atomic E-state index is 5.65. The topological polar surface area (TPSA) is 18.5 Å². The molecule has 1 radical (unpaired) electrons. The molecular formula is C12H19O2Si. The lowest BCUT2D eigenvalue weighted by Gasteiger charge is -2.28. The molecule has 0 spiro atoms. The molecule has 0 unspecified atom stereocenters. The van der Waals surface area contributed by atoms with Crippen LogP contribution in [0.2, 0.25) is 0 Å². The van der Waals surface area contributed by atoms with Gasteiger partial charge in [0.25, 0.3) is 0 Å². The van der Waals surface area contributed by atoms with Crippen LogP contribution in [0.5, 0.6) is 0 Å². The monoisotopic (exact) mass is 223 g/mol. The highest BCUT2D eigenvalue weighted by Crippen LogP contribution is 2.15. The number of rotatable bonds is 5. The van der Waals surface area contributed by atoms with E-state index in [1.807, 2.05) is 18.2 Å². The van der Waals surface area contributed by atoms with Crippen LogP contribution >= 0.6 is 0 Å². The molecule has 0 fully saturated rings. The van der Waals surface area contributed by atoms with Gasteiger partial charge in [-0.15, -0.1) is 0 Å². The minimum Gasteiger partial charge on any atom is -0.394 e. The smallest absolute Gasteiger partial charge is 0.375 e. The van der Waals surface area contributed by atoms with Crippen LogP contribution in [0.25, 0.3) is 0 Å². The third-order valence-electron chi connectivity index (χ3n) is 2.34. The fourth-order valence-electron chi connectivity index (χ4n) is 1.66. The zero-order valence-electron chi connectivity index (χ0n) is 9.86. The molecule has 0 aliphatic carbocycles. The van der Waals surface area contributed by atoms with Gasteiger partial charge in [0, 0.05) is 20.3 Å². The molecule has 83 valence electrons. The summed E-state index contributed by atoms with van der Waals surface area (Å²) in [5.41, 5.74) is 0. The largest absolute Gasteiger partial charge is 0.394 e. The minimum atomic E-state index is -2.31. The quantitative estimate of drug-likeness (QED) is 0.711. The van der Waals surface area contributed by atoms with E-state index in [-0.39, 0.29) is 0 Å². The van der Waals surface area contributed by atoms with E-state index in [0.717, 1.165) is 5.19 Å². The SMILES string of the molecule is CO[Si]([CH]C(C)C)(OC)c1ccccc1. The van der Waals surface area contributed by atoms with Crippen molar-refractivity contribution in [3.8, 4) is 0 Å². The van der Waals surface area contributed by atoms with Crippen molar-refractivity contribution >= 4 is 13.7 Å². The van der Waals surface area contributed by atoms with Crippen molar-refractivity contribution in [1.82, 2.24) is 0 Å². The van der Waals surface area contributed by atoms with Crippen molar-refractivity contribution in [1.29, 1.82) is 0 Å². The zero-order chi connectivity index (χ0) is 11.3. The molecule has 0 saturated carbocycles. The third-order valence-corrected chi connectivity index (χ3v) is 5.79. The highest BCUT2D eigenvalue weighted by atomic mass is 28.4. The molecule has 15 heavy (non-hydrogen) atoms. The molecule has 0 saturated heterocycles. The third kappa shape index (κ3) is 2.90. The van der Waals surface area contributed by atoms with Crippen LogP contribution in [-0.4, -0.2) is 22.8 Å². The lowest BCUT2D eigenvalue weighted by Crippen LogP contribution is -2.54. The van der Waals surface area contributed by atoms with Crippen LogP contribution in [0.3, 0.4) is 0 Å². The second-order valence-corrected chi connectivity index (χ2v) is 6.91. The standard InChI is InChI=1S/C12H19O2Si/c1-11(2)10-15(13-3,14-4)12-8-6-5-7-9-12/h5-11H,1-4H3. The molecule has 3 heteroatoms. The van der Waals surface area contributed by atoms with Crippen molar-refractivity contribution < 1.29 is 8.85 Å². The Morgan fingerprint density at radius 3 is 2.00 bits per heavy atom. The second-order valence-electron chi connectivity index (χ2n) is 3.85. The van der Waals surface area contributed by atoms with E-state index in [0.29, 0.717) is 5.92 Å². The molecule has 0 aliphatic rings. The molecule has 0 N–H and O–H groups in total. The number of benzene rings is 1. The van der Waals surface area contributed by atoms with Gasteiger partial charge in [0.1, 0.15) is 0 Å². The molecule has 1 rings (SSSR count). The highest BCUT2D eigenvalue weighted by molar-refractivity contribution is 6.84. The summed E-state index contributed by atoms with van der Waals surface area (Å²) in [5, 5.41) is 1.16. The number of hydrogen-bond donors (Lipinski definition) is 0. The summed E-state index contributed by atoms with van der Waals surface area (Å²) < 4.78 is 11.3. The summed E-state index contributed by atoms with van der Waals surface area (Å²) in [5.74, 6) is 0.455. The average molecular weight is 223 g/mol. The van der Waals surface area contributed by atoms with Crippen molar-refractivity contribution in [3.63, 3.8) is 0 Å². The lowest BCUT2D eigenvalue weighted by atomic mass is 10.3. The molecule has 0 aliphatic heterocycles. The predicted molar refractivity (Wildman–Crippen MR) is 65.0 cm³/mol. The molecule has 1 aromatic carbocycles. The second kappa shape index (κ2) is 5.44. The fraction of sp³-hybridized carbons (Fsp3) is 0.417. The van der Waals surface area contributed by atoms with Gasteiger partial charge in [-0.05, 0) is 11.1 Å². The number of hydrogen-bond acceptors (Lipinski definition) is 2. The average Bonchev–Trinajstić information content (AvgIpc) is 2.27. The molecule has 0 aromatic heterocycles. The van der Waals surface area contributed by atoms with E-state index in [1.165, 1.54) is 0 Å². The Morgan fingerprint density at radius 1 is 1.07 bits per heavy atom. The molecule has 0 amide bonds. The van der Waals surface area contributed by atoms with E-state index in [2.05, 4.69) is 32.0 Å². The normalized spacial score (nSPS) is 12.1. The highest BCUT2D eigenvalue weighted by Gasteiger charge is 2.38. The summed E-state index contributed by atoms with van der Waals surface area (Å²) in [7, 11) is 1.14. The van der Waals surface area contributed by atoms with Gasteiger partial charge in [-0.2, -0.15) is 0 Å². The molecule has 0 bridgehead atoms. The van der Waals surface area contributed by atoms with Crippen molar-refractivity contribution in [3.05, 3.63) is 36.4 Å². The summed E-state index contributed by atoms with van der Waals surface area (Å²) in [6.45, 7) is 4.28. The Hall–Kier alpha value is -0.643. The molecular weight excluding hydrogens is 204 g/mol. The van der Waals surface area contributed by atoms with Crippen molar-refractivity contribution in [2.75, 3.05) is 14.2 Å². The van der Waals surface area contributed by atoms with E-state index in [9.17, 15) is 0 Å². The lowest BCUT2D eigenvalue weighted by molar-refractivity contribution is 0.262. The van der Waals surface area contributed by atoms with E-state index >= 15 is 0 Å². The van der Waals surface area contributed by atoms with Crippen molar-refractivity contribution in [2.24, 2.45) is 5.92 Å². The van der Waals surface area contributed by atoms with Gasteiger partial charge in [0.05, 0.1) is 0 Å². The van der Waals surface area contributed by atoms with Crippen LogP contribution in [-0.2, 0) is 8.85 Å². The Kier molecular flexibility index (Phi) is 4.51. The molecule has 0 heterocycles. The van der Waals surface area contributed by atoms with Gasteiger partial charge in [-0.3, -0.25) is 0 Å². The van der Waals surface area contributed by atoms with Gasteiger partial charge in [-0.25, -0.2) is 0 Å².